The average Bonchev–Trinajstić information content (AvgIpc) is 3.07. The lowest BCUT2D eigenvalue weighted by molar-refractivity contribution is 0.206. The van der Waals surface area contributed by atoms with Crippen LogP contribution >= 0.6 is 0 Å². The van der Waals surface area contributed by atoms with Crippen molar-refractivity contribution >= 4 is 34.3 Å². The third kappa shape index (κ3) is 5.61. The Kier molecular flexibility index (Phi) is 7.81. The maximum Gasteiger partial charge on any atom is 0.345 e. The molecule has 38 heavy (non-hydrogen) atoms. The van der Waals surface area contributed by atoms with Crippen LogP contribution in [0.4, 0.5) is 10.5 Å². The maximum absolute atomic E-state index is 13.9. The third-order valence-electron chi connectivity index (χ3n) is 6.68. The van der Waals surface area contributed by atoms with Crippen molar-refractivity contribution in [2.24, 2.45) is 10.8 Å². The largest absolute Gasteiger partial charge is 0.497 e. The number of unbranched alkanes of at least 4 members (excludes halogenated alkanes) is 1. The van der Waals surface area contributed by atoms with Gasteiger partial charge in [-0.2, -0.15) is 5.10 Å². The summed E-state index contributed by atoms with van der Waals surface area (Å²) >= 11 is 0. The van der Waals surface area contributed by atoms with Gasteiger partial charge in [-0.25, -0.2) is 9.80 Å². The normalized spacial score (nSPS) is 13.5. The summed E-state index contributed by atoms with van der Waals surface area (Å²) in [7, 11) is 1.65. The highest BCUT2D eigenvalue weighted by molar-refractivity contribution is 6.17. The lowest BCUT2D eigenvalue weighted by atomic mass is 10.0. The maximum atomic E-state index is 13.9. The molecule has 0 saturated carbocycles. The van der Waals surface area contributed by atoms with Crippen molar-refractivity contribution < 1.29 is 9.53 Å². The van der Waals surface area contributed by atoms with Gasteiger partial charge in [-0.3, -0.25) is 4.90 Å². The summed E-state index contributed by atoms with van der Waals surface area (Å²) in [5, 5.41) is 8.78. The number of ether oxygens (including phenoxy) is 1. The zero-order valence-electron chi connectivity index (χ0n) is 21.6. The molecule has 0 unspecified atom stereocenters. The SMILES string of the molecule is COc1ccc(C=CC2=NN(CCCCN)C(=O)N(Cc3ccc4ccccc4c3)c3ccccc32)cc1. The van der Waals surface area contributed by atoms with Crippen LogP contribution in [0.5, 0.6) is 5.75 Å². The molecule has 0 spiro atoms. The number of fused-ring (bicyclic) bond motifs is 2. The van der Waals surface area contributed by atoms with E-state index in [1.165, 1.54) is 5.39 Å². The number of nitrogens with two attached hydrogens (primary N) is 1. The number of hydrogen-bond acceptors (Lipinski definition) is 4. The molecule has 1 heterocycles. The van der Waals surface area contributed by atoms with Crippen LogP contribution in [0.1, 0.15) is 29.5 Å². The molecule has 1 aliphatic heterocycles. The van der Waals surface area contributed by atoms with Crippen molar-refractivity contribution in [3.63, 3.8) is 0 Å². The predicted molar refractivity (Wildman–Crippen MR) is 156 cm³/mol. The number of carbonyl (C=O) groups is 1. The highest BCUT2D eigenvalue weighted by Gasteiger charge is 2.29. The quantitative estimate of drug-likeness (QED) is 0.266. The van der Waals surface area contributed by atoms with Crippen LogP contribution in [0.15, 0.2) is 102 Å². The number of carbonyl (C=O) groups excluding carboxylic acids is 1. The van der Waals surface area contributed by atoms with E-state index >= 15 is 0 Å². The highest BCUT2D eigenvalue weighted by atomic mass is 16.5. The summed E-state index contributed by atoms with van der Waals surface area (Å²) < 4.78 is 5.28. The smallest absolute Gasteiger partial charge is 0.345 e. The molecule has 0 aliphatic carbocycles. The van der Waals surface area contributed by atoms with E-state index in [0.29, 0.717) is 19.6 Å². The summed E-state index contributed by atoms with van der Waals surface area (Å²) in [6.07, 6.45) is 5.59. The van der Waals surface area contributed by atoms with Crippen LogP contribution < -0.4 is 15.4 Å². The predicted octanol–water partition coefficient (Wildman–Crippen LogP) is 6.45. The summed E-state index contributed by atoms with van der Waals surface area (Å²) in [5.74, 6) is 0.806. The minimum atomic E-state index is -0.143. The van der Waals surface area contributed by atoms with Crippen LogP contribution in [0.3, 0.4) is 0 Å². The van der Waals surface area contributed by atoms with E-state index in [1.54, 1.807) is 12.1 Å². The Labute approximate surface area is 223 Å². The van der Waals surface area contributed by atoms with Gasteiger partial charge in [-0.05, 0) is 71.6 Å². The first-order chi connectivity index (χ1) is 18.7. The second-order valence-corrected chi connectivity index (χ2v) is 9.28. The van der Waals surface area contributed by atoms with Crippen molar-refractivity contribution in [3.8, 4) is 5.75 Å². The molecule has 2 amide bonds. The van der Waals surface area contributed by atoms with Gasteiger partial charge in [0.05, 0.1) is 25.1 Å². The Balaban J connectivity index is 1.52. The third-order valence-corrected chi connectivity index (χ3v) is 6.68. The van der Waals surface area contributed by atoms with Crippen molar-refractivity contribution in [3.05, 3.63) is 114 Å². The van der Waals surface area contributed by atoms with Crippen molar-refractivity contribution in [2.75, 3.05) is 25.1 Å². The Hall–Kier alpha value is -4.42. The summed E-state index contributed by atoms with van der Waals surface area (Å²) in [4.78, 5) is 15.8. The van der Waals surface area contributed by atoms with E-state index in [9.17, 15) is 4.79 Å². The summed E-state index contributed by atoms with van der Waals surface area (Å²) in [6.45, 7) is 1.52. The number of amides is 2. The number of anilines is 1. The fraction of sp³-hybridized carbons (Fsp3) is 0.188. The van der Waals surface area contributed by atoms with E-state index in [-0.39, 0.29) is 6.03 Å². The summed E-state index contributed by atoms with van der Waals surface area (Å²) in [5.41, 5.74) is 10.3. The summed E-state index contributed by atoms with van der Waals surface area (Å²) in [6, 6.07) is 30.3. The van der Waals surface area contributed by atoms with E-state index < -0.39 is 0 Å². The molecule has 192 valence electrons. The lowest BCUT2D eigenvalue weighted by Crippen LogP contribution is -2.40. The number of hydrogen-bond donors (Lipinski definition) is 1. The highest BCUT2D eigenvalue weighted by Crippen LogP contribution is 2.29. The van der Waals surface area contributed by atoms with E-state index in [0.717, 1.165) is 52.1 Å². The van der Waals surface area contributed by atoms with Crippen LogP contribution in [0, 0.1) is 0 Å². The van der Waals surface area contributed by atoms with E-state index in [4.69, 9.17) is 15.6 Å². The monoisotopic (exact) mass is 504 g/mol. The molecule has 0 saturated heterocycles. The number of urea groups is 1. The zero-order valence-corrected chi connectivity index (χ0v) is 21.6. The van der Waals surface area contributed by atoms with Gasteiger partial charge in [0.2, 0.25) is 0 Å². The minimum absolute atomic E-state index is 0.143. The number of para-hydroxylation sites is 1. The topological polar surface area (TPSA) is 71.2 Å². The number of allylic oxidation sites excluding steroid dienone is 1. The van der Waals surface area contributed by atoms with E-state index in [2.05, 4.69) is 30.3 Å². The molecular weight excluding hydrogens is 472 g/mol. The molecule has 1 aliphatic rings. The van der Waals surface area contributed by atoms with Crippen LogP contribution in [-0.2, 0) is 6.54 Å². The molecule has 0 atom stereocenters. The van der Waals surface area contributed by atoms with Gasteiger partial charge < -0.3 is 10.5 Å². The van der Waals surface area contributed by atoms with Crippen LogP contribution in [0.25, 0.3) is 16.8 Å². The van der Waals surface area contributed by atoms with Crippen molar-refractivity contribution in [2.45, 2.75) is 19.4 Å². The molecule has 0 aromatic heterocycles. The van der Waals surface area contributed by atoms with Gasteiger partial charge in [0.1, 0.15) is 5.75 Å². The fourth-order valence-corrected chi connectivity index (χ4v) is 4.63. The Bertz CT molecular complexity index is 1480. The molecule has 2 N–H and O–H groups in total. The molecule has 4 aromatic rings. The van der Waals surface area contributed by atoms with Crippen molar-refractivity contribution in [1.29, 1.82) is 0 Å². The second kappa shape index (κ2) is 11.8. The molecule has 0 fully saturated rings. The zero-order chi connectivity index (χ0) is 26.3. The fourth-order valence-electron chi connectivity index (χ4n) is 4.63. The number of benzene rings is 4. The number of methoxy groups -OCH3 is 1. The Morgan fingerprint density at radius 1 is 0.868 bits per heavy atom. The van der Waals surface area contributed by atoms with Crippen LogP contribution in [-0.4, -0.2) is 37.0 Å². The standard InChI is InChI=1S/C32H32N4O2/c1-38-28-17-13-24(14-18-28)15-19-30-29-10-4-5-11-31(29)35(32(37)36(34-30)21-7-6-20-33)23-25-12-16-26-8-2-3-9-27(26)22-25/h2-5,8-19,22H,6-7,20-21,23,33H2,1H3. The second-order valence-electron chi connectivity index (χ2n) is 9.28. The Morgan fingerprint density at radius 3 is 2.42 bits per heavy atom. The molecule has 0 radical (unpaired) electrons. The first kappa shape index (κ1) is 25.2. The Morgan fingerprint density at radius 2 is 1.63 bits per heavy atom. The molecule has 0 bridgehead atoms. The lowest BCUT2D eigenvalue weighted by Gasteiger charge is -2.27. The van der Waals surface area contributed by atoms with Gasteiger partial charge in [-0.15, -0.1) is 0 Å². The van der Waals surface area contributed by atoms with Gasteiger partial charge in [0, 0.05) is 12.1 Å². The van der Waals surface area contributed by atoms with Crippen molar-refractivity contribution in [1.82, 2.24) is 5.01 Å². The average molecular weight is 505 g/mol. The van der Waals surface area contributed by atoms with E-state index in [1.807, 2.05) is 77.7 Å². The van der Waals surface area contributed by atoms with Gasteiger partial charge in [-0.1, -0.05) is 72.8 Å². The number of nitrogens with zero attached hydrogens (tertiary/aromatic N) is 3. The first-order valence-corrected chi connectivity index (χ1v) is 12.9. The molecule has 5 rings (SSSR count). The van der Waals surface area contributed by atoms with Gasteiger partial charge >= 0.3 is 6.03 Å². The molecule has 4 aromatic carbocycles. The van der Waals surface area contributed by atoms with Gasteiger partial charge in [0.25, 0.3) is 0 Å². The molecule has 6 heteroatoms. The first-order valence-electron chi connectivity index (χ1n) is 12.9. The van der Waals surface area contributed by atoms with Gasteiger partial charge in [0.15, 0.2) is 0 Å². The molecular formula is C32H32N4O2. The number of rotatable bonds is 9. The minimum Gasteiger partial charge on any atom is -0.497 e. The number of hydrazone groups is 1. The molecule has 6 nitrogen and oxygen atoms in total. The van der Waals surface area contributed by atoms with Crippen LogP contribution in [0.2, 0.25) is 0 Å².